The van der Waals surface area contributed by atoms with E-state index < -0.39 is 6.10 Å². The van der Waals surface area contributed by atoms with Crippen LogP contribution in [0, 0.1) is 0 Å². The van der Waals surface area contributed by atoms with Crippen molar-refractivity contribution in [1.82, 2.24) is 5.32 Å². The number of rotatable bonds is 6. The van der Waals surface area contributed by atoms with Gasteiger partial charge in [0, 0.05) is 18.6 Å². The first-order valence-electron chi connectivity index (χ1n) is 7.96. The van der Waals surface area contributed by atoms with E-state index >= 15 is 0 Å². The second-order valence-electron chi connectivity index (χ2n) is 6.02. The summed E-state index contributed by atoms with van der Waals surface area (Å²) in [6, 6.07) is 10.5. The Hall–Kier alpha value is -0.900. The summed E-state index contributed by atoms with van der Waals surface area (Å²) in [4.78, 5) is 0. The fourth-order valence-corrected chi connectivity index (χ4v) is 2.94. The fourth-order valence-electron chi connectivity index (χ4n) is 2.94. The second kappa shape index (κ2) is 8.40. The molecule has 3 heteroatoms. The Labute approximate surface area is 122 Å². The predicted octanol–water partition coefficient (Wildman–Crippen LogP) is 2.23. The van der Waals surface area contributed by atoms with E-state index in [0.29, 0.717) is 12.6 Å². The quantitative estimate of drug-likeness (QED) is 0.698. The molecule has 0 spiro atoms. The normalized spacial score (nSPS) is 20.3. The molecule has 1 aliphatic rings. The average Bonchev–Trinajstić information content (AvgIpc) is 2.74. The van der Waals surface area contributed by atoms with Gasteiger partial charge in [0.05, 0.1) is 6.10 Å². The number of hydrogen-bond acceptors (Lipinski definition) is 3. The highest BCUT2D eigenvalue weighted by molar-refractivity contribution is 5.16. The van der Waals surface area contributed by atoms with Crippen molar-refractivity contribution in [2.24, 2.45) is 5.73 Å². The Kier molecular flexibility index (Phi) is 6.51. The first kappa shape index (κ1) is 15.5. The SMILES string of the molecule is N[C@@H](Cc1ccccc1)[C@H](O)CNC1CCCCCC1. The summed E-state index contributed by atoms with van der Waals surface area (Å²) < 4.78 is 0. The molecule has 0 heterocycles. The van der Waals surface area contributed by atoms with Gasteiger partial charge in [-0.25, -0.2) is 0 Å². The molecule has 1 aliphatic carbocycles. The van der Waals surface area contributed by atoms with Crippen molar-refractivity contribution in [3.8, 4) is 0 Å². The van der Waals surface area contributed by atoms with Gasteiger partial charge in [-0.05, 0) is 24.8 Å². The maximum Gasteiger partial charge on any atom is 0.0818 e. The number of hydrogen-bond donors (Lipinski definition) is 3. The summed E-state index contributed by atoms with van der Waals surface area (Å²) >= 11 is 0. The largest absolute Gasteiger partial charge is 0.390 e. The monoisotopic (exact) mass is 276 g/mol. The summed E-state index contributed by atoms with van der Waals surface area (Å²) in [5.41, 5.74) is 7.29. The third-order valence-corrected chi connectivity index (χ3v) is 4.28. The van der Waals surface area contributed by atoms with E-state index in [9.17, 15) is 5.11 Å². The summed E-state index contributed by atoms with van der Waals surface area (Å²) in [6.07, 6.45) is 8.06. The Bertz CT molecular complexity index is 361. The molecule has 0 aromatic heterocycles. The summed E-state index contributed by atoms with van der Waals surface area (Å²) in [5.74, 6) is 0. The van der Waals surface area contributed by atoms with Crippen LogP contribution in [0.4, 0.5) is 0 Å². The van der Waals surface area contributed by atoms with Crippen molar-refractivity contribution in [2.75, 3.05) is 6.54 Å². The van der Waals surface area contributed by atoms with Crippen LogP contribution in [0.3, 0.4) is 0 Å². The topological polar surface area (TPSA) is 58.3 Å². The van der Waals surface area contributed by atoms with Crippen molar-refractivity contribution in [3.63, 3.8) is 0 Å². The van der Waals surface area contributed by atoms with Gasteiger partial charge in [0.15, 0.2) is 0 Å². The molecule has 0 unspecified atom stereocenters. The molecule has 2 atom stereocenters. The molecule has 112 valence electrons. The van der Waals surface area contributed by atoms with E-state index in [1.807, 2.05) is 18.2 Å². The lowest BCUT2D eigenvalue weighted by atomic mass is 10.0. The summed E-state index contributed by atoms with van der Waals surface area (Å²) in [7, 11) is 0. The van der Waals surface area contributed by atoms with Gasteiger partial charge < -0.3 is 16.2 Å². The van der Waals surface area contributed by atoms with Gasteiger partial charge in [0.1, 0.15) is 0 Å². The lowest BCUT2D eigenvalue weighted by Crippen LogP contribution is -2.45. The van der Waals surface area contributed by atoms with E-state index in [0.717, 1.165) is 6.42 Å². The molecule has 0 radical (unpaired) electrons. The highest BCUT2D eigenvalue weighted by Crippen LogP contribution is 2.17. The maximum atomic E-state index is 10.2. The van der Waals surface area contributed by atoms with Crippen LogP contribution in [-0.2, 0) is 6.42 Å². The minimum Gasteiger partial charge on any atom is -0.390 e. The highest BCUT2D eigenvalue weighted by atomic mass is 16.3. The lowest BCUT2D eigenvalue weighted by Gasteiger charge is -2.23. The molecule has 3 nitrogen and oxygen atoms in total. The third kappa shape index (κ3) is 5.23. The molecule has 1 aromatic rings. The number of aliphatic hydroxyl groups is 1. The Morgan fingerprint density at radius 1 is 1.10 bits per heavy atom. The fraction of sp³-hybridized carbons (Fsp3) is 0.647. The number of aliphatic hydroxyl groups excluding tert-OH is 1. The molecule has 1 fully saturated rings. The van der Waals surface area contributed by atoms with E-state index in [4.69, 9.17) is 5.73 Å². The molecule has 1 aromatic carbocycles. The van der Waals surface area contributed by atoms with Gasteiger partial charge in [-0.15, -0.1) is 0 Å². The standard InChI is InChI=1S/C17H28N2O/c18-16(12-14-8-4-3-5-9-14)17(20)13-19-15-10-6-1-2-7-11-15/h3-5,8-9,15-17,19-20H,1-2,6-7,10-13,18H2/t16-,17+/m0/s1. The first-order valence-corrected chi connectivity index (χ1v) is 7.96. The van der Waals surface area contributed by atoms with Crippen LogP contribution < -0.4 is 11.1 Å². The van der Waals surface area contributed by atoms with Crippen LogP contribution >= 0.6 is 0 Å². The molecule has 0 saturated heterocycles. The summed E-state index contributed by atoms with van der Waals surface area (Å²) in [5, 5.41) is 13.7. The van der Waals surface area contributed by atoms with Gasteiger partial charge in [0.2, 0.25) is 0 Å². The van der Waals surface area contributed by atoms with Crippen LogP contribution in [0.5, 0.6) is 0 Å². The molecule has 20 heavy (non-hydrogen) atoms. The maximum absolute atomic E-state index is 10.2. The zero-order valence-electron chi connectivity index (χ0n) is 12.3. The Balaban J connectivity index is 1.71. The van der Waals surface area contributed by atoms with Crippen molar-refractivity contribution in [3.05, 3.63) is 35.9 Å². The minimum atomic E-state index is -0.474. The number of nitrogens with two attached hydrogens (primary N) is 1. The zero-order valence-corrected chi connectivity index (χ0v) is 12.3. The summed E-state index contributed by atoms with van der Waals surface area (Å²) in [6.45, 7) is 0.610. The molecule has 1 saturated carbocycles. The highest BCUT2D eigenvalue weighted by Gasteiger charge is 2.18. The van der Waals surface area contributed by atoms with Gasteiger partial charge in [0.25, 0.3) is 0 Å². The molecule has 0 bridgehead atoms. The molecule has 4 N–H and O–H groups in total. The van der Waals surface area contributed by atoms with E-state index in [-0.39, 0.29) is 6.04 Å². The van der Waals surface area contributed by atoms with Crippen LogP contribution in [0.25, 0.3) is 0 Å². The van der Waals surface area contributed by atoms with E-state index in [1.165, 1.54) is 44.1 Å². The second-order valence-corrected chi connectivity index (χ2v) is 6.02. The van der Waals surface area contributed by atoms with Crippen LogP contribution in [-0.4, -0.2) is 29.8 Å². The van der Waals surface area contributed by atoms with E-state index in [2.05, 4.69) is 17.4 Å². The van der Waals surface area contributed by atoms with Crippen molar-refractivity contribution >= 4 is 0 Å². The van der Waals surface area contributed by atoms with Crippen LogP contribution in [0.2, 0.25) is 0 Å². The smallest absolute Gasteiger partial charge is 0.0818 e. The van der Waals surface area contributed by atoms with Crippen molar-refractivity contribution < 1.29 is 5.11 Å². The van der Waals surface area contributed by atoms with Crippen molar-refractivity contribution in [2.45, 2.75) is 63.1 Å². The molecular formula is C17H28N2O. The average molecular weight is 276 g/mol. The molecule has 2 rings (SSSR count). The molecule has 0 amide bonds. The van der Waals surface area contributed by atoms with E-state index in [1.54, 1.807) is 0 Å². The van der Waals surface area contributed by atoms with Gasteiger partial charge in [-0.3, -0.25) is 0 Å². The number of benzene rings is 1. The Morgan fingerprint density at radius 2 is 1.75 bits per heavy atom. The predicted molar refractivity (Wildman–Crippen MR) is 83.6 cm³/mol. The molecule has 0 aliphatic heterocycles. The molecular weight excluding hydrogens is 248 g/mol. The van der Waals surface area contributed by atoms with Gasteiger partial charge >= 0.3 is 0 Å². The minimum absolute atomic E-state index is 0.198. The number of nitrogens with one attached hydrogen (secondary N) is 1. The first-order chi connectivity index (χ1) is 9.75. The zero-order chi connectivity index (χ0) is 14.2. The van der Waals surface area contributed by atoms with Gasteiger partial charge in [-0.1, -0.05) is 56.0 Å². The van der Waals surface area contributed by atoms with Gasteiger partial charge in [-0.2, -0.15) is 0 Å². The lowest BCUT2D eigenvalue weighted by molar-refractivity contribution is 0.136. The van der Waals surface area contributed by atoms with Crippen LogP contribution in [0.1, 0.15) is 44.1 Å². The van der Waals surface area contributed by atoms with Crippen molar-refractivity contribution in [1.29, 1.82) is 0 Å². The third-order valence-electron chi connectivity index (χ3n) is 4.28. The van der Waals surface area contributed by atoms with Crippen LogP contribution in [0.15, 0.2) is 30.3 Å². The Morgan fingerprint density at radius 3 is 2.40 bits per heavy atom.